The molecule has 0 saturated heterocycles. The predicted molar refractivity (Wildman–Crippen MR) is 86.3 cm³/mol. The monoisotopic (exact) mass is 337 g/mol. The topological polar surface area (TPSA) is 43.1 Å². The van der Waals surface area contributed by atoms with E-state index < -0.39 is 0 Å². The minimum absolute atomic E-state index is 0.315. The van der Waals surface area contributed by atoms with Gasteiger partial charge in [-0.1, -0.05) is 47.1 Å². The van der Waals surface area contributed by atoms with E-state index in [0.717, 1.165) is 5.56 Å². The van der Waals surface area contributed by atoms with Crippen molar-refractivity contribution >= 4 is 45.9 Å². The fraction of sp³-hybridized carbons (Fsp3) is 0.0667. The normalized spacial score (nSPS) is 11.0. The SMILES string of the molecule is O=c1oc(SCc2cc(Cl)ccc2Cl)nc2ccccc12. The molecule has 0 radical (unpaired) electrons. The molecular weight excluding hydrogens is 329 g/mol. The number of aromatic nitrogens is 1. The van der Waals surface area contributed by atoms with Gasteiger partial charge in [-0.05, 0) is 35.9 Å². The average Bonchev–Trinajstić information content (AvgIpc) is 2.48. The molecule has 3 aromatic rings. The van der Waals surface area contributed by atoms with Gasteiger partial charge in [0, 0.05) is 15.8 Å². The Morgan fingerprint density at radius 2 is 1.95 bits per heavy atom. The first kappa shape index (κ1) is 14.4. The van der Waals surface area contributed by atoms with Crippen LogP contribution in [-0.2, 0) is 5.75 Å². The van der Waals surface area contributed by atoms with Gasteiger partial charge in [0.2, 0.25) is 0 Å². The summed E-state index contributed by atoms with van der Waals surface area (Å²) in [5.74, 6) is 0.522. The van der Waals surface area contributed by atoms with E-state index in [0.29, 0.717) is 31.9 Å². The molecule has 0 aliphatic rings. The van der Waals surface area contributed by atoms with E-state index in [1.54, 1.807) is 36.4 Å². The number of hydrogen-bond acceptors (Lipinski definition) is 4. The van der Waals surface area contributed by atoms with Crippen LogP contribution in [-0.4, -0.2) is 4.98 Å². The molecule has 0 fully saturated rings. The van der Waals surface area contributed by atoms with Crippen molar-refractivity contribution in [2.45, 2.75) is 11.0 Å². The van der Waals surface area contributed by atoms with Crippen molar-refractivity contribution in [1.82, 2.24) is 4.98 Å². The van der Waals surface area contributed by atoms with Gasteiger partial charge in [0.25, 0.3) is 5.22 Å². The number of rotatable bonds is 3. The van der Waals surface area contributed by atoms with Crippen LogP contribution in [0.5, 0.6) is 0 Å². The van der Waals surface area contributed by atoms with Gasteiger partial charge in [0.15, 0.2) is 0 Å². The molecule has 1 heterocycles. The highest BCUT2D eigenvalue weighted by Crippen LogP contribution is 2.28. The average molecular weight is 338 g/mol. The second kappa shape index (κ2) is 6.10. The Balaban J connectivity index is 1.88. The van der Waals surface area contributed by atoms with Gasteiger partial charge in [-0.15, -0.1) is 0 Å². The van der Waals surface area contributed by atoms with E-state index in [1.165, 1.54) is 11.8 Å². The number of benzene rings is 2. The van der Waals surface area contributed by atoms with Crippen LogP contribution in [0, 0.1) is 0 Å². The minimum atomic E-state index is -0.389. The zero-order valence-corrected chi connectivity index (χ0v) is 13.0. The molecule has 0 saturated carbocycles. The maximum Gasteiger partial charge on any atom is 0.347 e. The van der Waals surface area contributed by atoms with Crippen LogP contribution >= 0.6 is 35.0 Å². The number of thioether (sulfide) groups is 1. The molecule has 106 valence electrons. The van der Waals surface area contributed by atoms with Crippen LogP contribution in [0.25, 0.3) is 10.9 Å². The minimum Gasteiger partial charge on any atom is -0.397 e. The Labute approximate surface area is 134 Å². The largest absolute Gasteiger partial charge is 0.397 e. The van der Waals surface area contributed by atoms with Gasteiger partial charge in [0.05, 0.1) is 10.9 Å². The lowest BCUT2D eigenvalue weighted by Crippen LogP contribution is -2.02. The summed E-state index contributed by atoms with van der Waals surface area (Å²) in [4.78, 5) is 16.2. The highest BCUT2D eigenvalue weighted by molar-refractivity contribution is 7.98. The maximum atomic E-state index is 11.9. The molecular formula is C15H9Cl2NO2S. The fourth-order valence-electron chi connectivity index (χ4n) is 1.85. The molecule has 0 spiro atoms. The summed E-state index contributed by atoms with van der Waals surface area (Å²) < 4.78 is 5.20. The number of fused-ring (bicyclic) bond motifs is 1. The summed E-state index contributed by atoms with van der Waals surface area (Å²) >= 11 is 13.4. The van der Waals surface area contributed by atoms with E-state index in [1.807, 2.05) is 6.07 Å². The van der Waals surface area contributed by atoms with Crippen LogP contribution in [0.3, 0.4) is 0 Å². The molecule has 1 aromatic heterocycles. The van der Waals surface area contributed by atoms with Gasteiger partial charge >= 0.3 is 5.63 Å². The zero-order valence-electron chi connectivity index (χ0n) is 10.7. The number of halogens is 2. The van der Waals surface area contributed by atoms with E-state index in [9.17, 15) is 4.79 Å². The second-order valence-electron chi connectivity index (χ2n) is 4.31. The summed E-state index contributed by atoms with van der Waals surface area (Å²) in [7, 11) is 0. The Morgan fingerprint density at radius 1 is 1.14 bits per heavy atom. The smallest absolute Gasteiger partial charge is 0.347 e. The van der Waals surface area contributed by atoms with Crippen molar-refractivity contribution in [3.05, 3.63) is 68.5 Å². The zero-order chi connectivity index (χ0) is 14.8. The molecule has 6 heteroatoms. The fourth-order valence-corrected chi connectivity index (χ4v) is 3.13. The number of nitrogens with zero attached hydrogens (tertiary/aromatic N) is 1. The standard InChI is InChI=1S/C15H9Cl2NO2S/c16-10-5-6-12(17)9(7-10)8-21-15-18-13-4-2-1-3-11(13)14(19)20-15/h1-7H,8H2. The van der Waals surface area contributed by atoms with E-state index >= 15 is 0 Å². The molecule has 0 bridgehead atoms. The second-order valence-corrected chi connectivity index (χ2v) is 6.08. The van der Waals surface area contributed by atoms with Gasteiger partial charge in [-0.25, -0.2) is 9.78 Å². The van der Waals surface area contributed by atoms with Gasteiger partial charge in [0.1, 0.15) is 0 Å². The van der Waals surface area contributed by atoms with Crippen LogP contribution in [0.2, 0.25) is 10.0 Å². The molecule has 2 aromatic carbocycles. The van der Waals surface area contributed by atoms with Crippen LogP contribution in [0.15, 0.2) is 56.9 Å². The van der Waals surface area contributed by atoms with Crippen molar-refractivity contribution < 1.29 is 4.42 Å². The van der Waals surface area contributed by atoms with Crippen LogP contribution in [0.1, 0.15) is 5.56 Å². The number of para-hydroxylation sites is 1. The van der Waals surface area contributed by atoms with Crippen LogP contribution in [0.4, 0.5) is 0 Å². The van der Waals surface area contributed by atoms with Gasteiger partial charge in [-0.2, -0.15) is 0 Å². The van der Waals surface area contributed by atoms with E-state index in [2.05, 4.69) is 4.98 Å². The first-order valence-corrected chi connectivity index (χ1v) is 7.84. The Hall–Kier alpha value is -1.49. The molecule has 3 nitrogen and oxygen atoms in total. The lowest BCUT2D eigenvalue weighted by Gasteiger charge is -2.04. The first-order valence-electron chi connectivity index (χ1n) is 6.10. The maximum absolute atomic E-state index is 11.9. The molecule has 0 aliphatic carbocycles. The molecule has 0 aliphatic heterocycles. The van der Waals surface area contributed by atoms with Crippen molar-refractivity contribution in [3.63, 3.8) is 0 Å². The molecule has 0 unspecified atom stereocenters. The lowest BCUT2D eigenvalue weighted by atomic mass is 10.2. The highest BCUT2D eigenvalue weighted by Gasteiger charge is 2.08. The third kappa shape index (κ3) is 3.23. The van der Waals surface area contributed by atoms with Crippen molar-refractivity contribution in [1.29, 1.82) is 0 Å². The summed E-state index contributed by atoms with van der Waals surface area (Å²) in [6.45, 7) is 0. The first-order chi connectivity index (χ1) is 10.1. The van der Waals surface area contributed by atoms with Gasteiger partial charge in [-0.3, -0.25) is 0 Å². The Morgan fingerprint density at radius 3 is 2.81 bits per heavy atom. The molecule has 0 amide bonds. The van der Waals surface area contributed by atoms with E-state index in [-0.39, 0.29) is 5.63 Å². The van der Waals surface area contributed by atoms with Crippen molar-refractivity contribution in [2.24, 2.45) is 0 Å². The molecule has 3 rings (SSSR count). The third-order valence-corrected chi connectivity index (χ3v) is 4.36. The molecule has 0 N–H and O–H groups in total. The summed E-state index contributed by atoms with van der Waals surface area (Å²) in [6, 6.07) is 12.3. The van der Waals surface area contributed by atoms with Crippen molar-refractivity contribution in [2.75, 3.05) is 0 Å². The summed E-state index contributed by atoms with van der Waals surface area (Å²) in [5, 5.41) is 2.02. The lowest BCUT2D eigenvalue weighted by molar-refractivity contribution is 0.401. The summed E-state index contributed by atoms with van der Waals surface area (Å²) in [5.41, 5.74) is 1.10. The van der Waals surface area contributed by atoms with Crippen molar-refractivity contribution in [3.8, 4) is 0 Å². The highest BCUT2D eigenvalue weighted by atomic mass is 35.5. The van der Waals surface area contributed by atoms with Gasteiger partial charge < -0.3 is 4.42 Å². The van der Waals surface area contributed by atoms with Crippen LogP contribution < -0.4 is 5.63 Å². The third-order valence-electron chi connectivity index (χ3n) is 2.87. The summed E-state index contributed by atoms with van der Waals surface area (Å²) in [6.07, 6.45) is 0. The van der Waals surface area contributed by atoms with E-state index in [4.69, 9.17) is 27.6 Å². The quantitative estimate of drug-likeness (QED) is 0.644. The molecule has 0 atom stereocenters. The predicted octanol–water partition coefficient (Wildman–Crippen LogP) is 4.79. The Bertz CT molecular complexity index is 864. The number of hydrogen-bond donors (Lipinski definition) is 0. The molecule has 21 heavy (non-hydrogen) atoms. The Kier molecular flexibility index (Phi) is 4.19.